The SMILES string of the molecule is COc1ccc2cc(CN(C)C(=O)COC(=O)Cn3nnc(-c4ccc(C)cc4)n3)ccc2c1. The zero-order valence-corrected chi connectivity index (χ0v) is 19.3. The molecule has 0 atom stereocenters. The van der Waals surface area contributed by atoms with E-state index in [1.165, 1.54) is 4.90 Å². The molecule has 174 valence electrons. The van der Waals surface area contributed by atoms with Gasteiger partial charge in [-0.25, -0.2) is 4.79 Å². The Kier molecular flexibility index (Phi) is 6.82. The van der Waals surface area contributed by atoms with E-state index < -0.39 is 5.97 Å². The lowest BCUT2D eigenvalue weighted by molar-refractivity contribution is -0.152. The van der Waals surface area contributed by atoms with Crippen LogP contribution in [-0.4, -0.2) is 57.7 Å². The second-order valence-electron chi connectivity index (χ2n) is 7.97. The lowest BCUT2D eigenvalue weighted by atomic mass is 10.1. The van der Waals surface area contributed by atoms with E-state index >= 15 is 0 Å². The highest BCUT2D eigenvalue weighted by atomic mass is 16.5. The first-order chi connectivity index (χ1) is 16.4. The van der Waals surface area contributed by atoms with Crippen LogP contribution in [0.15, 0.2) is 60.7 Å². The molecule has 1 aromatic heterocycles. The number of aromatic nitrogens is 4. The molecule has 4 rings (SSSR count). The van der Waals surface area contributed by atoms with Crippen LogP contribution in [0.5, 0.6) is 5.75 Å². The predicted octanol–water partition coefficient (Wildman–Crippen LogP) is 3.01. The number of likely N-dealkylation sites (N-methyl/N-ethyl adjacent to an activating group) is 1. The second-order valence-corrected chi connectivity index (χ2v) is 7.97. The molecule has 0 N–H and O–H groups in total. The molecule has 1 heterocycles. The molecule has 0 aliphatic rings. The van der Waals surface area contributed by atoms with Crippen LogP contribution in [0.3, 0.4) is 0 Å². The largest absolute Gasteiger partial charge is 0.497 e. The lowest BCUT2D eigenvalue weighted by Gasteiger charge is -2.17. The van der Waals surface area contributed by atoms with Crippen molar-refractivity contribution in [3.05, 3.63) is 71.8 Å². The molecule has 0 spiro atoms. The highest BCUT2D eigenvalue weighted by Gasteiger charge is 2.15. The van der Waals surface area contributed by atoms with Crippen molar-refractivity contribution in [3.63, 3.8) is 0 Å². The van der Waals surface area contributed by atoms with Crippen LogP contribution in [0, 0.1) is 6.92 Å². The Bertz CT molecular complexity index is 1320. The number of nitrogens with zero attached hydrogens (tertiary/aromatic N) is 5. The van der Waals surface area contributed by atoms with Crippen LogP contribution in [-0.2, 0) is 27.4 Å². The molecule has 9 heteroatoms. The molecule has 3 aromatic carbocycles. The number of carbonyl (C=O) groups excluding carboxylic acids is 2. The highest BCUT2D eigenvalue weighted by Crippen LogP contribution is 2.22. The molecular formula is C25H25N5O4. The molecule has 0 radical (unpaired) electrons. The van der Waals surface area contributed by atoms with Gasteiger partial charge in [0.05, 0.1) is 7.11 Å². The van der Waals surface area contributed by atoms with Crippen molar-refractivity contribution < 1.29 is 19.1 Å². The Morgan fingerprint density at radius 2 is 1.74 bits per heavy atom. The van der Waals surface area contributed by atoms with Gasteiger partial charge < -0.3 is 14.4 Å². The van der Waals surface area contributed by atoms with Crippen molar-refractivity contribution in [1.82, 2.24) is 25.1 Å². The van der Waals surface area contributed by atoms with Gasteiger partial charge in [0.1, 0.15) is 5.75 Å². The van der Waals surface area contributed by atoms with Crippen LogP contribution in [0.2, 0.25) is 0 Å². The number of methoxy groups -OCH3 is 1. The first-order valence-electron chi connectivity index (χ1n) is 10.7. The first kappa shape index (κ1) is 22.9. The van der Waals surface area contributed by atoms with Crippen LogP contribution in [0.1, 0.15) is 11.1 Å². The average Bonchev–Trinajstić information content (AvgIpc) is 3.30. The van der Waals surface area contributed by atoms with E-state index in [0.717, 1.165) is 38.0 Å². The summed E-state index contributed by atoms with van der Waals surface area (Å²) in [4.78, 5) is 27.3. The molecule has 4 aromatic rings. The van der Waals surface area contributed by atoms with Gasteiger partial charge in [0, 0.05) is 19.2 Å². The monoisotopic (exact) mass is 459 g/mol. The summed E-state index contributed by atoms with van der Waals surface area (Å²) in [6.07, 6.45) is 0. The number of benzene rings is 3. The number of ether oxygens (including phenoxy) is 2. The number of hydrogen-bond acceptors (Lipinski definition) is 7. The summed E-state index contributed by atoms with van der Waals surface area (Å²) >= 11 is 0. The highest BCUT2D eigenvalue weighted by molar-refractivity contribution is 5.85. The van der Waals surface area contributed by atoms with Gasteiger partial charge in [0.2, 0.25) is 5.82 Å². The molecule has 9 nitrogen and oxygen atoms in total. The molecular weight excluding hydrogens is 434 g/mol. The van der Waals surface area contributed by atoms with Gasteiger partial charge >= 0.3 is 5.97 Å². The topological polar surface area (TPSA) is 99.4 Å². The van der Waals surface area contributed by atoms with Gasteiger partial charge in [0.25, 0.3) is 5.91 Å². The fourth-order valence-corrected chi connectivity index (χ4v) is 3.40. The van der Waals surface area contributed by atoms with Crippen LogP contribution < -0.4 is 4.74 Å². The quantitative estimate of drug-likeness (QED) is 0.374. The first-order valence-corrected chi connectivity index (χ1v) is 10.7. The summed E-state index contributed by atoms with van der Waals surface area (Å²) in [6, 6.07) is 19.5. The number of tetrazole rings is 1. The van der Waals surface area contributed by atoms with E-state index in [1.807, 2.05) is 67.6 Å². The van der Waals surface area contributed by atoms with Crippen molar-refractivity contribution >= 4 is 22.6 Å². The molecule has 0 bridgehead atoms. The van der Waals surface area contributed by atoms with Crippen molar-refractivity contribution in [2.75, 3.05) is 20.8 Å². The van der Waals surface area contributed by atoms with Gasteiger partial charge in [-0.15, -0.1) is 10.2 Å². The summed E-state index contributed by atoms with van der Waals surface area (Å²) in [6.45, 7) is 1.79. The van der Waals surface area contributed by atoms with Gasteiger partial charge in [-0.05, 0) is 46.7 Å². The van der Waals surface area contributed by atoms with E-state index in [2.05, 4.69) is 15.4 Å². The molecule has 0 aliphatic carbocycles. The minimum atomic E-state index is -0.616. The molecule has 0 aliphatic heterocycles. The van der Waals surface area contributed by atoms with E-state index in [4.69, 9.17) is 9.47 Å². The minimum Gasteiger partial charge on any atom is -0.497 e. The fraction of sp³-hybridized carbons (Fsp3) is 0.240. The number of hydrogen-bond donors (Lipinski definition) is 0. The fourth-order valence-electron chi connectivity index (χ4n) is 3.40. The number of aryl methyl sites for hydroxylation is 1. The van der Waals surface area contributed by atoms with E-state index in [9.17, 15) is 9.59 Å². The second kappa shape index (κ2) is 10.1. The minimum absolute atomic E-state index is 0.232. The number of amides is 1. The van der Waals surface area contributed by atoms with Crippen LogP contribution in [0.25, 0.3) is 22.2 Å². The lowest BCUT2D eigenvalue weighted by Crippen LogP contribution is -2.31. The number of rotatable bonds is 8. The Balaban J connectivity index is 1.28. The maximum absolute atomic E-state index is 12.4. The Labute approximate surface area is 196 Å². The Morgan fingerprint density at radius 3 is 2.50 bits per heavy atom. The third-order valence-electron chi connectivity index (χ3n) is 5.35. The maximum Gasteiger partial charge on any atom is 0.330 e. The van der Waals surface area contributed by atoms with Gasteiger partial charge in [0.15, 0.2) is 13.2 Å². The standard InChI is InChI=1S/C25H25N5O4/c1-17-4-7-19(8-5-17)25-26-28-30(27-25)15-24(32)34-16-23(31)29(2)14-18-6-9-21-13-22(33-3)11-10-20(21)12-18/h4-13H,14-16H2,1-3H3. The average molecular weight is 460 g/mol. The van der Waals surface area contributed by atoms with E-state index in [1.54, 1.807) is 14.2 Å². The summed E-state index contributed by atoms with van der Waals surface area (Å²) in [5, 5.41) is 14.1. The van der Waals surface area contributed by atoms with Crippen molar-refractivity contribution in [1.29, 1.82) is 0 Å². The Hall–Kier alpha value is -4.27. The summed E-state index contributed by atoms with van der Waals surface area (Å²) in [5.74, 6) is 0.281. The van der Waals surface area contributed by atoms with Gasteiger partial charge in [-0.3, -0.25) is 4.79 Å². The zero-order chi connectivity index (χ0) is 24.1. The normalized spacial score (nSPS) is 10.8. The van der Waals surface area contributed by atoms with E-state index in [0.29, 0.717) is 12.4 Å². The zero-order valence-electron chi connectivity index (χ0n) is 19.3. The summed E-state index contributed by atoms with van der Waals surface area (Å²) in [5.41, 5.74) is 2.89. The summed E-state index contributed by atoms with van der Waals surface area (Å²) < 4.78 is 10.4. The third kappa shape index (κ3) is 5.55. The summed E-state index contributed by atoms with van der Waals surface area (Å²) in [7, 11) is 3.30. The van der Waals surface area contributed by atoms with Crippen molar-refractivity contribution in [3.8, 4) is 17.1 Å². The number of carbonyl (C=O) groups is 2. The molecule has 0 unspecified atom stereocenters. The van der Waals surface area contributed by atoms with Gasteiger partial charge in [-0.2, -0.15) is 4.80 Å². The van der Waals surface area contributed by atoms with E-state index in [-0.39, 0.29) is 19.1 Å². The maximum atomic E-state index is 12.4. The van der Waals surface area contributed by atoms with Crippen molar-refractivity contribution in [2.45, 2.75) is 20.0 Å². The predicted molar refractivity (Wildman–Crippen MR) is 126 cm³/mol. The molecule has 0 saturated carbocycles. The van der Waals surface area contributed by atoms with Gasteiger partial charge in [-0.1, -0.05) is 48.0 Å². The Morgan fingerprint density at radius 1 is 1.00 bits per heavy atom. The molecule has 0 fully saturated rings. The third-order valence-corrected chi connectivity index (χ3v) is 5.35. The van der Waals surface area contributed by atoms with Crippen LogP contribution in [0.4, 0.5) is 0 Å². The molecule has 1 amide bonds. The van der Waals surface area contributed by atoms with Crippen LogP contribution >= 0.6 is 0 Å². The number of esters is 1. The molecule has 0 saturated heterocycles. The number of fused-ring (bicyclic) bond motifs is 1. The van der Waals surface area contributed by atoms with Crippen molar-refractivity contribution in [2.24, 2.45) is 0 Å². The smallest absolute Gasteiger partial charge is 0.330 e. The molecule has 34 heavy (non-hydrogen) atoms.